The number of hydrogen-bond acceptors (Lipinski definition) is 6. The Bertz CT molecular complexity index is 1220. The van der Waals surface area contributed by atoms with Crippen molar-refractivity contribution in [2.45, 2.75) is 25.2 Å². The molecule has 3 aromatic rings. The Morgan fingerprint density at radius 1 is 1.17 bits per heavy atom. The molecule has 0 saturated carbocycles. The van der Waals surface area contributed by atoms with Crippen LogP contribution < -0.4 is 19.5 Å². The molecule has 36 heavy (non-hydrogen) atoms. The normalized spacial score (nSPS) is 15.1. The molecule has 0 spiro atoms. The molecule has 2 atom stereocenters. The zero-order chi connectivity index (χ0) is 25.5. The number of carbonyl (C=O) groups is 1. The smallest absolute Gasteiger partial charge is 0.323 e. The maximum absolute atomic E-state index is 12.3. The second kappa shape index (κ2) is 12.2. The van der Waals surface area contributed by atoms with Crippen LogP contribution in [0.25, 0.3) is 0 Å². The van der Waals surface area contributed by atoms with E-state index in [2.05, 4.69) is 11.9 Å². The molecule has 0 amide bonds. The van der Waals surface area contributed by atoms with Crippen molar-refractivity contribution in [2.75, 3.05) is 20.3 Å². The van der Waals surface area contributed by atoms with Crippen molar-refractivity contribution in [3.8, 4) is 17.2 Å². The summed E-state index contributed by atoms with van der Waals surface area (Å²) in [5.74, 6) is 1.65. The SMILES string of the molecule is C=CCNC(Cc1cccc2c1O[C@@H](c1ccc(OCc3ccc(Cl)c(Cl)c3)cc1)CO2)C(=O)OC. The molecule has 188 valence electrons. The second-order valence-corrected chi connectivity index (χ2v) is 9.06. The minimum absolute atomic E-state index is 0.305. The van der Waals surface area contributed by atoms with E-state index in [9.17, 15) is 4.79 Å². The third-order valence-corrected chi connectivity index (χ3v) is 6.51. The quantitative estimate of drug-likeness (QED) is 0.259. The summed E-state index contributed by atoms with van der Waals surface area (Å²) in [5.41, 5.74) is 2.73. The monoisotopic (exact) mass is 527 g/mol. The van der Waals surface area contributed by atoms with Crippen LogP contribution in [0.15, 0.2) is 73.3 Å². The highest BCUT2D eigenvalue weighted by Crippen LogP contribution is 2.40. The van der Waals surface area contributed by atoms with Gasteiger partial charge in [-0.25, -0.2) is 0 Å². The van der Waals surface area contributed by atoms with Gasteiger partial charge >= 0.3 is 5.97 Å². The van der Waals surface area contributed by atoms with Crippen LogP contribution in [-0.2, 0) is 22.6 Å². The summed E-state index contributed by atoms with van der Waals surface area (Å²) in [7, 11) is 1.37. The maximum Gasteiger partial charge on any atom is 0.323 e. The van der Waals surface area contributed by atoms with Crippen LogP contribution in [0, 0.1) is 0 Å². The molecule has 1 unspecified atom stereocenters. The minimum Gasteiger partial charge on any atom is -0.489 e. The fraction of sp³-hybridized carbons (Fsp3) is 0.250. The first-order valence-electron chi connectivity index (χ1n) is 11.5. The first-order chi connectivity index (χ1) is 17.5. The van der Waals surface area contributed by atoms with Gasteiger partial charge in [0.2, 0.25) is 0 Å². The van der Waals surface area contributed by atoms with Crippen molar-refractivity contribution < 1.29 is 23.7 Å². The molecular formula is C28H27Cl2NO5. The second-order valence-electron chi connectivity index (χ2n) is 8.24. The van der Waals surface area contributed by atoms with Gasteiger partial charge in [-0.05, 0) is 41.5 Å². The summed E-state index contributed by atoms with van der Waals surface area (Å²) in [6.07, 6.45) is 1.78. The van der Waals surface area contributed by atoms with Crippen molar-refractivity contribution in [1.29, 1.82) is 0 Å². The first kappa shape index (κ1) is 25.9. The van der Waals surface area contributed by atoms with Crippen molar-refractivity contribution >= 4 is 29.2 Å². The van der Waals surface area contributed by atoms with Crippen molar-refractivity contribution in [3.05, 3.63) is 100 Å². The number of nitrogens with one attached hydrogen (secondary N) is 1. The third-order valence-electron chi connectivity index (χ3n) is 5.77. The standard InChI is InChI=1S/C28H27Cl2NO5/c1-3-13-31-24(28(32)33-2)15-20-5-4-6-25-27(20)36-26(17-35-25)19-8-10-21(11-9-19)34-16-18-7-12-22(29)23(30)14-18/h3-12,14,24,26,31H,1,13,15-17H2,2H3/t24?,26-/m1/s1. The molecule has 3 aromatic carbocycles. The first-order valence-corrected chi connectivity index (χ1v) is 12.2. The Labute approximate surface area is 220 Å². The highest BCUT2D eigenvalue weighted by atomic mass is 35.5. The van der Waals surface area contributed by atoms with E-state index in [-0.39, 0.29) is 12.1 Å². The van der Waals surface area contributed by atoms with Gasteiger partial charge in [-0.2, -0.15) is 0 Å². The molecule has 0 fully saturated rings. The highest BCUT2D eigenvalue weighted by Gasteiger charge is 2.27. The van der Waals surface area contributed by atoms with Gasteiger partial charge in [0, 0.05) is 18.5 Å². The summed E-state index contributed by atoms with van der Waals surface area (Å²) in [4.78, 5) is 12.3. The van der Waals surface area contributed by atoms with Gasteiger partial charge in [-0.3, -0.25) is 4.79 Å². The van der Waals surface area contributed by atoms with E-state index in [1.165, 1.54) is 7.11 Å². The van der Waals surface area contributed by atoms with E-state index in [0.29, 0.717) is 47.7 Å². The average Bonchev–Trinajstić information content (AvgIpc) is 2.91. The van der Waals surface area contributed by atoms with Gasteiger partial charge in [0.1, 0.15) is 25.0 Å². The molecule has 0 bridgehead atoms. The van der Waals surface area contributed by atoms with E-state index < -0.39 is 6.04 Å². The number of para-hydroxylation sites is 1. The van der Waals surface area contributed by atoms with Crippen LogP contribution >= 0.6 is 23.2 Å². The zero-order valence-electron chi connectivity index (χ0n) is 19.8. The largest absolute Gasteiger partial charge is 0.489 e. The molecule has 1 aliphatic heterocycles. The minimum atomic E-state index is -0.532. The number of hydrogen-bond donors (Lipinski definition) is 1. The predicted molar refractivity (Wildman–Crippen MR) is 140 cm³/mol. The lowest BCUT2D eigenvalue weighted by Gasteiger charge is -2.29. The highest BCUT2D eigenvalue weighted by molar-refractivity contribution is 6.42. The Morgan fingerprint density at radius 3 is 2.69 bits per heavy atom. The summed E-state index contributed by atoms with van der Waals surface area (Å²) in [6, 6.07) is 18.3. The van der Waals surface area contributed by atoms with E-state index >= 15 is 0 Å². The number of rotatable bonds is 10. The van der Waals surface area contributed by atoms with E-state index in [1.54, 1.807) is 18.2 Å². The van der Waals surface area contributed by atoms with Crippen molar-refractivity contribution in [3.63, 3.8) is 0 Å². The van der Waals surface area contributed by atoms with Crippen LogP contribution in [0.5, 0.6) is 17.2 Å². The van der Waals surface area contributed by atoms with Crippen LogP contribution in [-0.4, -0.2) is 32.3 Å². The number of fused-ring (bicyclic) bond motifs is 1. The van der Waals surface area contributed by atoms with Gasteiger partial charge < -0.3 is 24.3 Å². The molecule has 0 aliphatic carbocycles. The van der Waals surface area contributed by atoms with Crippen molar-refractivity contribution in [2.24, 2.45) is 0 Å². The molecule has 6 nitrogen and oxygen atoms in total. The van der Waals surface area contributed by atoms with Crippen LogP contribution in [0.1, 0.15) is 22.8 Å². The number of halogens is 2. The molecule has 1 heterocycles. The third kappa shape index (κ3) is 6.32. The summed E-state index contributed by atoms with van der Waals surface area (Å²) in [6.45, 7) is 4.92. The molecule has 8 heteroatoms. The Balaban J connectivity index is 1.44. The summed E-state index contributed by atoms with van der Waals surface area (Å²) < 4.78 is 23.2. The lowest BCUT2D eigenvalue weighted by atomic mass is 10.0. The van der Waals surface area contributed by atoms with Crippen LogP contribution in [0.3, 0.4) is 0 Å². The molecule has 0 saturated heterocycles. The van der Waals surface area contributed by atoms with Gasteiger partial charge in [0.15, 0.2) is 17.6 Å². The fourth-order valence-corrected chi connectivity index (χ4v) is 4.20. The Kier molecular flexibility index (Phi) is 8.75. The van der Waals surface area contributed by atoms with Gasteiger partial charge in [-0.15, -0.1) is 6.58 Å². The van der Waals surface area contributed by atoms with Gasteiger partial charge in [0.25, 0.3) is 0 Å². The van der Waals surface area contributed by atoms with Gasteiger partial charge in [-0.1, -0.05) is 59.6 Å². The number of benzene rings is 3. The lowest BCUT2D eigenvalue weighted by molar-refractivity contribution is -0.143. The van der Waals surface area contributed by atoms with Crippen LogP contribution in [0.4, 0.5) is 0 Å². The summed E-state index contributed by atoms with van der Waals surface area (Å²) >= 11 is 12.1. The average molecular weight is 528 g/mol. The van der Waals surface area contributed by atoms with Crippen LogP contribution in [0.2, 0.25) is 10.0 Å². The number of ether oxygens (including phenoxy) is 4. The zero-order valence-corrected chi connectivity index (χ0v) is 21.4. The van der Waals surface area contributed by atoms with E-state index in [0.717, 1.165) is 22.4 Å². The van der Waals surface area contributed by atoms with Gasteiger partial charge in [0.05, 0.1) is 17.2 Å². The van der Waals surface area contributed by atoms with E-state index in [4.69, 9.17) is 42.1 Å². The Morgan fingerprint density at radius 2 is 1.97 bits per heavy atom. The lowest BCUT2D eigenvalue weighted by Crippen LogP contribution is -2.39. The summed E-state index contributed by atoms with van der Waals surface area (Å²) in [5, 5.41) is 4.15. The molecular weight excluding hydrogens is 501 g/mol. The fourth-order valence-electron chi connectivity index (χ4n) is 3.88. The maximum atomic E-state index is 12.3. The molecule has 4 rings (SSSR count). The number of carbonyl (C=O) groups excluding carboxylic acids is 1. The topological polar surface area (TPSA) is 66.0 Å². The van der Waals surface area contributed by atoms with E-state index in [1.807, 2.05) is 48.5 Å². The number of methoxy groups -OCH3 is 1. The molecule has 0 aromatic heterocycles. The predicted octanol–water partition coefficient (Wildman–Crippen LogP) is 5.94. The molecule has 1 aliphatic rings. The number of esters is 1. The molecule has 0 radical (unpaired) electrons. The molecule has 1 N–H and O–H groups in total. The Hall–Kier alpha value is -3.19. The van der Waals surface area contributed by atoms with Crippen molar-refractivity contribution in [1.82, 2.24) is 5.32 Å².